The van der Waals surface area contributed by atoms with Crippen LogP contribution in [-0.2, 0) is 6.67 Å². The molecule has 0 atom stereocenters. The van der Waals surface area contributed by atoms with E-state index in [2.05, 4.69) is 9.72 Å². The fourth-order valence-electron chi connectivity index (χ4n) is 0.917. The SMILES string of the molecule is O=Cc1cnc(CF)c(OC(F)(F)F)c1I. The summed E-state index contributed by atoms with van der Waals surface area (Å²) in [6.45, 7) is -1.21. The van der Waals surface area contributed by atoms with Gasteiger partial charge in [0.1, 0.15) is 12.4 Å². The van der Waals surface area contributed by atoms with E-state index in [0.717, 1.165) is 6.20 Å². The van der Waals surface area contributed by atoms with E-state index in [0.29, 0.717) is 6.29 Å². The van der Waals surface area contributed by atoms with Crippen molar-refractivity contribution in [3.05, 3.63) is 21.0 Å². The summed E-state index contributed by atoms with van der Waals surface area (Å²) < 4.78 is 51.9. The minimum atomic E-state index is -4.95. The Bertz CT molecular complexity index is 408. The highest BCUT2D eigenvalue weighted by Crippen LogP contribution is 2.32. The Labute approximate surface area is 101 Å². The molecular formula is C8H4F4INO2. The van der Waals surface area contributed by atoms with Crippen molar-refractivity contribution in [2.45, 2.75) is 13.0 Å². The molecule has 0 fully saturated rings. The lowest BCUT2D eigenvalue weighted by atomic mass is 10.2. The first-order valence-electron chi connectivity index (χ1n) is 3.83. The molecule has 0 aliphatic rings. The molecule has 0 saturated heterocycles. The Morgan fingerprint density at radius 1 is 1.50 bits per heavy atom. The summed E-state index contributed by atoms with van der Waals surface area (Å²) in [7, 11) is 0. The highest BCUT2D eigenvalue weighted by atomic mass is 127. The number of hydrogen-bond donors (Lipinski definition) is 0. The van der Waals surface area contributed by atoms with Gasteiger partial charge in [0, 0.05) is 11.8 Å². The lowest BCUT2D eigenvalue weighted by molar-refractivity contribution is -0.275. The average molecular weight is 349 g/mol. The Kier molecular flexibility index (Phi) is 4.05. The van der Waals surface area contributed by atoms with E-state index in [9.17, 15) is 22.4 Å². The predicted octanol–water partition coefficient (Wildman–Crippen LogP) is 2.87. The maximum Gasteiger partial charge on any atom is 0.573 e. The second-order valence-electron chi connectivity index (χ2n) is 2.60. The summed E-state index contributed by atoms with van der Waals surface area (Å²) in [4.78, 5) is 13.8. The zero-order valence-electron chi connectivity index (χ0n) is 7.52. The molecule has 8 heteroatoms. The van der Waals surface area contributed by atoms with Gasteiger partial charge < -0.3 is 4.74 Å². The van der Waals surface area contributed by atoms with Crippen molar-refractivity contribution in [2.24, 2.45) is 0 Å². The molecule has 1 rings (SSSR count). The number of nitrogens with zero attached hydrogens (tertiary/aromatic N) is 1. The second kappa shape index (κ2) is 4.93. The molecule has 0 saturated carbocycles. The molecule has 88 valence electrons. The van der Waals surface area contributed by atoms with Crippen LogP contribution in [0.4, 0.5) is 17.6 Å². The smallest absolute Gasteiger partial charge is 0.403 e. The van der Waals surface area contributed by atoms with Crippen molar-refractivity contribution in [1.29, 1.82) is 0 Å². The van der Waals surface area contributed by atoms with Crippen molar-refractivity contribution in [3.63, 3.8) is 0 Å². The molecule has 1 aromatic heterocycles. The summed E-state index contributed by atoms with van der Waals surface area (Å²) in [5, 5.41) is 0. The van der Waals surface area contributed by atoms with E-state index < -0.39 is 24.5 Å². The Morgan fingerprint density at radius 3 is 2.56 bits per heavy atom. The van der Waals surface area contributed by atoms with Crippen LogP contribution in [0, 0.1) is 3.57 Å². The van der Waals surface area contributed by atoms with Gasteiger partial charge in [0.05, 0.1) is 3.57 Å². The van der Waals surface area contributed by atoms with Gasteiger partial charge in [-0.25, -0.2) is 4.39 Å². The maximum atomic E-state index is 12.4. The van der Waals surface area contributed by atoms with Crippen LogP contribution >= 0.6 is 22.6 Å². The van der Waals surface area contributed by atoms with E-state index in [4.69, 9.17) is 0 Å². The standard InChI is InChI=1S/C8H4F4INO2/c9-1-5-7(16-8(10,11)12)6(13)4(3-15)2-14-5/h2-3H,1H2. The number of rotatable bonds is 3. The van der Waals surface area contributed by atoms with Crippen molar-refractivity contribution in [2.75, 3.05) is 0 Å². The number of ether oxygens (including phenoxy) is 1. The van der Waals surface area contributed by atoms with Gasteiger partial charge in [-0.2, -0.15) is 0 Å². The topological polar surface area (TPSA) is 39.2 Å². The van der Waals surface area contributed by atoms with Crippen molar-refractivity contribution in [3.8, 4) is 5.75 Å². The van der Waals surface area contributed by atoms with Crippen LogP contribution in [0.1, 0.15) is 16.1 Å². The van der Waals surface area contributed by atoms with E-state index in [-0.39, 0.29) is 9.13 Å². The molecule has 0 aliphatic carbocycles. The summed E-state index contributed by atoms with van der Waals surface area (Å²) in [6.07, 6.45) is -3.64. The lowest BCUT2D eigenvalue weighted by Gasteiger charge is -2.13. The van der Waals surface area contributed by atoms with Gasteiger partial charge in [-0.05, 0) is 22.6 Å². The maximum absolute atomic E-state index is 12.4. The quantitative estimate of drug-likeness (QED) is 0.479. The molecule has 3 nitrogen and oxygen atoms in total. The third-order valence-corrected chi connectivity index (χ3v) is 2.66. The summed E-state index contributed by atoms with van der Waals surface area (Å²) in [5.74, 6) is -0.764. The monoisotopic (exact) mass is 349 g/mol. The summed E-state index contributed by atoms with van der Waals surface area (Å²) >= 11 is 1.47. The molecule has 0 spiro atoms. The fourth-order valence-corrected chi connectivity index (χ4v) is 1.61. The molecule has 0 aliphatic heterocycles. The van der Waals surface area contributed by atoms with E-state index >= 15 is 0 Å². The van der Waals surface area contributed by atoms with Crippen molar-refractivity contribution in [1.82, 2.24) is 4.98 Å². The highest BCUT2D eigenvalue weighted by Gasteiger charge is 2.34. The number of halogens is 5. The van der Waals surface area contributed by atoms with Gasteiger partial charge >= 0.3 is 6.36 Å². The third kappa shape index (κ3) is 3.03. The molecule has 0 radical (unpaired) electrons. The van der Waals surface area contributed by atoms with Gasteiger partial charge in [-0.15, -0.1) is 13.2 Å². The highest BCUT2D eigenvalue weighted by molar-refractivity contribution is 14.1. The number of pyridine rings is 1. The molecule has 1 aromatic rings. The van der Waals surface area contributed by atoms with Crippen LogP contribution in [0.5, 0.6) is 5.75 Å². The van der Waals surface area contributed by atoms with Gasteiger partial charge in [-0.3, -0.25) is 9.78 Å². The molecular weight excluding hydrogens is 345 g/mol. The zero-order chi connectivity index (χ0) is 12.3. The van der Waals surface area contributed by atoms with E-state index in [1.165, 1.54) is 22.6 Å². The Morgan fingerprint density at radius 2 is 2.12 bits per heavy atom. The minimum absolute atomic E-state index is 0.0861. The number of carbonyl (C=O) groups is 1. The van der Waals surface area contributed by atoms with Gasteiger partial charge in [0.15, 0.2) is 12.0 Å². The Balaban J connectivity index is 3.26. The third-order valence-electron chi connectivity index (χ3n) is 1.55. The molecule has 16 heavy (non-hydrogen) atoms. The molecule has 0 aromatic carbocycles. The largest absolute Gasteiger partial charge is 0.573 e. The fraction of sp³-hybridized carbons (Fsp3) is 0.250. The number of hydrogen-bond acceptors (Lipinski definition) is 3. The zero-order valence-corrected chi connectivity index (χ0v) is 9.67. The normalized spacial score (nSPS) is 11.3. The van der Waals surface area contributed by atoms with Crippen LogP contribution in [0.2, 0.25) is 0 Å². The van der Waals surface area contributed by atoms with Crippen LogP contribution in [0.3, 0.4) is 0 Å². The summed E-state index contributed by atoms with van der Waals surface area (Å²) in [5.41, 5.74) is -0.579. The number of aromatic nitrogens is 1. The first-order valence-corrected chi connectivity index (χ1v) is 4.91. The van der Waals surface area contributed by atoms with Crippen molar-refractivity contribution < 1.29 is 27.1 Å². The number of aldehydes is 1. The van der Waals surface area contributed by atoms with Gasteiger partial charge in [-0.1, -0.05) is 0 Å². The molecule has 0 bridgehead atoms. The summed E-state index contributed by atoms with van der Waals surface area (Å²) in [6, 6.07) is 0. The first kappa shape index (κ1) is 13.1. The van der Waals surface area contributed by atoms with Crippen LogP contribution < -0.4 is 4.74 Å². The van der Waals surface area contributed by atoms with E-state index in [1.54, 1.807) is 0 Å². The predicted molar refractivity (Wildman–Crippen MR) is 53.8 cm³/mol. The Hall–Kier alpha value is -0.930. The molecule has 0 unspecified atom stereocenters. The number of alkyl halides is 4. The van der Waals surface area contributed by atoms with E-state index in [1.807, 2.05) is 0 Å². The van der Waals surface area contributed by atoms with Crippen LogP contribution in [0.25, 0.3) is 0 Å². The van der Waals surface area contributed by atoms with Crippen molar-refractivity contribution >= 4 is 28.9 Å². The molecule has 0 amide bonds. The van der Waals surface area contributed by atoms with Gasteiger partial charge in [0.25, 0.3) is 0 Å². The van der Waals surface area contributed by atoms with Crippen LogP contribution in [0.15, 0.2) is 6.20 Å². The lowest BCUT2D eigenvalue weighted by Crippen LogP contribution is -2.19. The van der Waals surface area contributed by atoms with Crippen LogP contribution in [-0.4, -0.2) is 17.6 Å². The second-order valence-corrected chi connectivity index (χ2v) is 3.68. The number of carbonyl (C=O) groups excluding carboxylic acids is 1. The van der Waals surface area contributed by atoms with Gasteiger partial charge in [0.2, 0.25) is 0 Å². The molecule has 1 heterocycles. The molecule has 0 N–H and O–H groups in total. The minimum Gasteiger partial charge on any atom is -0.403 e. The first-order chi connectivity index (χ1) is 7.39. The average Bonchev–Trinajstić information content (AvgIpc) is 2.19.